The highest BCUT2D eigenvalue weighted by Crippen LogP contribution is 2.29. The van der Waals surface area contributed by atoms with Crippen molar-refractivity contribution in [2.45, 2.75) is 39.3 Å². The molecule has 0 unspecified atom stereocenters. The fraction of sp³-hybridized carbons (Fsp3) is 0.500. The molecule has 1 N–H and O–H groups in total. The second-order valence-corrected chi connectivity index (χ2v) is 7.09. The maximum atomic E-state index is 12.3. The summed E-state index contributed by atoms with van der Waals surface area (Å²) in [6.07, 6.45) is 4.37. The average molecular weight is 385 g/mol. The van der Waals surface area contributed by atoms with Gasteiger partial charge in [-0.15, -0.1) is 0 Å². The van der Waals surface area contributed by atoms with Crippen LogP contribution < -0.4 is 0 Å². The monoisotopic (exact) mass is 385 g/mol. The summed E-state index contributed by atoms with van der Waals surface area (Å²) in [5.41, 5.74) is 3.39. The van der Waals surface area contributed by atoms with Gasteiger partial charge in [0.15, 0.2) is 11.5 Å². The minimum absolute atomic E-state index is 0.112. The molecule has 0 aromatic carbocycles. The van der Waals surface area contributed by atoms with E-state index in [1.165, 1.54) is 11.9 Å². The number of hydrogen-bond donors (Lipinski definition) is 1. The standard InChI is InChI=1S/C18H23N7O3/c1-11(2)25-14-5-7-27-10-13(14)16(22-25)17-21-15(23-28-17)4-6-24(3)18(26)12-8-19-20-9-12/h8-9,11H,4-7,10H2,1-3H3,(H,19,20). The molecule has 1 aliphatic heterocycles. The summed E-state index contributed by atoms with van der Waals surface area (Å²) in [5.74, 6) is 0.811. The Kier molecular flexibility index (Phi) is 4.95. The number of amides is 1. The minimum atomic E-state index is -0.112. The summed E-state index contributed by atoms with van der Waals surface area (Å²) in [5, 5.41) is 15.2. The zero-order valence-electron chi connectivity index (χ0n) is 16.2. The van der Waals surface area contributed by atoms with Crippen LogP contribution in [0.1, 0.15) is 47.3 Å². The van der Waals surface area contributed by atoms with Gasteiger partial charge in [-0.2, -0.15) is 15.2 Å². The number of ether oxygens (including phenoxy) is 1. The molecule has 3 aromatic rings. The lowest BCUT2D eigenvalue weighted by Crippen LogP contribution is -2.28. The first-order chi connectivity index (χ1) is 13.5. The summed E-state index contributed by atoms with van der Waals surface area (Å²) < 4.78 is 13.1. The highest BCUT2D eigenvalue weighted by molar-refractivity contribution is 5.93. The van der Waals surface area contributed by atoms with Crippen LogP contribution in [0.5, 0.6) is 0 Å². The highest BCUT2D eigenvalue weighted by atomic mass is 16.5. The molecule has 28 heavy (non-hydrogen) atoms. The van der Waals surface area contributed by atoms with Crippen molar-refractivity contribution in [1.82, 2.24) is 35.0 Å². The molecule has 10 nitrogen and oxygen atoms in total. The fourth-order valence-electron chi connectivity index (χ4n) is 3.27. The number of fused-ring (bicyclic) bond motifs is 1. The number of aromatic amines is 1. The summed E-state index contributed by atoms with van der Waals surface area (Å²) in [6, 6.07) is 0.241. The Balaban J connectivity index is 1.48. The van der Waals surface area contributed by atoms with Crippen LogP contribution in [-0.4, -0.2) is 61.1 Å². The van der Waals surface area contributed by atoms with E-state index in [1.807, 2.05) is 4.68 Å². The predicted molar refractivity (Wildman–Crippen MR) is 98.5 cm³/mol. The molecule has 148 valence electrons. The van der Waals surface area contributed by atoms with Gasteiger partial charge in [-0.25, -0.2) is 0 Å². The van der Waals surface area contributed by atoms with E-state index >= 15 is 0 Å². The van der Waals surface area contributed by atoms with E-state index in [-0.39, 0.29) is 11.9 Å². The van der Waals surface area contributed by atoms with Crippen LogP contribution in [-0.2, 0) is 24.2 Å². The molecule has 0 fully saturated rings. The summed E-state index contributed by atoms with van der Waals surface area (Å²) >= 11 is 0. The van der Waals surface area contributed by atoms with E-state index in [9.17, 15) is 4.79 Å². The van der Waals surface area contributed by atoms with Crippen LogP contribution in [0, 0.1) is 0 Å². The SMILES string of the molecule is CC(C)n1nc(-c2nc(CCN(C)C(=O)c3cn[nH]c3)no2)c2c1CCOC2. The summed E-state index contributed by atoms with van der Waals surface area (Å²) in [6.45, 7) is 5.84. The van der Waals surface area contributed by atoms with Crippen LogP contribution in [0.15, 0.2) is 16.9 Å². The van der Waals surface area contributed by atoms with Crippen molar-refractivity contribution < 1.29 is 14.1 Å². The summed E-state index contributed by atoms with van der Waals surface area (Å²) in [4.78, 5) is 18.3. The van der Waals surface area contributed by atoms with Crippen molar-refractivity contribution in [1.29, 1.82) is 0 Å². The highest BCUT2D eigenvalue weighted by Gasteiger charge is 2.26. The van der Waals surface area contributed by atoms with Crippen LogP contribution in [0.25, 0.3) is 11.6 Å². The van der Waals surface area contributed by atoms with E-state index in [1.54, 1.807) is 18.1 Å². The molecule has 10 heteroatoms. The largest absolute Gasteiger partial charge is 0.376 e. The Morgan fingerprint density at radius 1 is 1.43 bits per heavy atom. The predicted octanol–water partition coefficient (Wildman–Crippen LogP) is 1.62. The number of likely N-dealkylation sites (N-methyl/N-ethyl adjacent to an activating group) is 1. The molecule has 4 heterocycles. The van der Waals surface area contributed by atoms with Crippen molar-refractivity contribution in [3.8, 4) is 11.6 Å². The third-order valence-electron chi connectivity index (χ3n) is 4.77. The molecular formula is C18H23N7O3. The zero-order chi connectivity index (χ0) is 19.7. The molecule has 0 aliphatic carbocycles. The van der Waals surface area contributed by atoms with Gasteiger partial charge in [0.25, 0.3) is 11.8 Å². The minimum Gasteiger partial charge on any atom is -0.376 e. The number of aromatic nitrogens is 6. The van der Waals surface area contributed by atoms with Crippen molar-refractivity contribution in [3.05, 3.63) is 35.0 Å². The molecule has 4 rings (SSSR count). The maximum Gasteiger partial charge on any atom is 0.278 e. The normalized spacial score (nSPS) is 13.7. The molecule has 0 atom stereocenters. The van der Waals surface area contributed by atoms with Crippen LogP contribution in [0.4, 0.5) is 0 Å². The molecule has 0 spiro atoms. The molecule has 0 saturated heterocycles. The van der Waals surface area contributed by atoms with Crippen LogP contribution in [0.3, 0.4) is 0 Å². The van der Waals surface area contributed by atoms with Gasteiger partial charge in [0.05, 0.1) is 25.0 Å². The maximum absolute atomic E-state index is 12.3. The Labute approximate surface area is 161 Å². The van der Waals surface area contributed by atoms with Crippen molar-refractivity contribution in [3.63, 3.8) is 0 Å². The van der Waals surface area contributed by atoms with Crippen LogP contribution >= 0.6 is 0 Å². The van der Waals surface area contributed by atoms with E-state index in [0.29, 0.717) is 49.2 Å². The van der Waals surface area contributed by atoms with Gasteiger partial charge in [-0.1, -0.05) is 5.16 Å². The molecule has 0 bridgehead atoms. The molecular weight excluding hydrogens is 362 g/mol. The number of hydrogen-bond acceptors (Lipinski definition) is 7. The Morgan fingerprint density at radius 3 is 3.04 bits per heavy atom. The van der Waals surface area contributed by atoms with E-state index in [4.69, 9.17) is 14.4 Å². The van der Waals surface area contributed by atoms with E-state index in [2.05, 4.69) is 34.2 Å². The lowest BCUT2D eigenvalue weighted by molar-refractivity contribution is 0.0796. The smallest absolute Gasteiger partial charge is 0.278 e. The summed E-state index contributed by atoms with van der Waals surface area (Å²) in [7, 11) is 1.73. The van der Waals surface area contributed by atoms with Crippen molar-refractivity contribution in [2.24, 2.45) is 0 Å². The first-order valence-corrected chi connectivity index (χ1v) is 9.29. The Bertz CT molecular complexity index is 958. The van der Waals surface area contributed by atoms with Gasteiger partial charge < -0.3 is 14.2 Å². The second-order valence-electron chi connectivity index (χ2n) is 7.09. The quantitative estimate of drug-likeness (QED) is 0.685. The molecule has 3 aromatic heterocycles. The number of nitrogens with one attached hydrogen (secondary N) is 1. The van der Waals surface area contributed by atoms with Gasteiger partial charge >= 0.3 is 0 Å². The lowest BCUT2D eigenvalue weighted by Gasteiger charge is -2.16. The molecule has 1 amide bonds. The van der Waals surface area contributed by atoms with Gasteiger partial charge in [0.1, 0.15) is 0 Å². The van der Waals surface area contributed by atoms with E-state index in [0.717, 1.165) is 12.0 Å². The third kappa shape index (κ3) is 3.42. The third-order valence-corrected chi connectivity index (χ3v) is 4.77. The van der Waals surface area contributed by atoms with Gasteiger partial charge in [0.2, 0.25) is 0 Å². The second kappa shape index (κ2) is 7.55. The van der Waals surface area contributed by atoms with Gasteiger partial charge in [-0.05, 0) is 13.8 Å². The van der Waals surface area contributed by atoms with Crippen LogP contribution in [0.2, 0.25) is 0 Å². The number of rotatable bonds is 6. The first kappa shape index (κ1) is 18.4. The molecule has 0 saturated carbocycles. The van der Waals surface area contributed by atoms with Gasteiger partial charge in [0, 0.05) is 49.9 Å². The van der Waals surface area contributed by atoms with E-state index < -0.39 is 0 Å². The molecule has 1 aliphatic rings. The number of carbonyl (C=O) groups is 1. The number of carbonyl (C=O) groups excluding carboxylic acids is 1. The number of nitrogens with zero attached hydrogens (tertiary/aromatic N) is 6. The lowest BCUT2D eigenvalue weighted by atomic mass is 10.1. The van der Waals surface area contributed by atoms with Crippen molar-refractivity contribution >= 4 is 5.91 Å². The Morgan fingerprint density at radius 2 is 2.29 bits per heavy atom. The average Bonchev–Trinajstić information content (AvgIpc) is 3.44. The zero-order valence-corrected chi connectivity index (χ0v) is 16.2. The fourth-order valence-corrected chi connectivity index (χ4v) is 3.27. The topological polar surface area (TPSA) is 115 Å². The van der Waals surface area contributed by atoms with Crippen molar-refractivity contribution in [2.75, 3.05) is 20.2 Å². The first-order valence-electron chi connectivity index (χ1n) is 9.29. The van der Waals surface area contributed by atoms with Gasteiger partial charge in [-0.3, -0.25) is 14.6 Å². The number of H-pyrrole nitrogens is 1. The molecule has 0 radical (unpaired) electrons. The Hall–Kier alpha value is -3.01.